The van der Waals surface area contributed by atoms with E-state index in [1.54, 1.807) is 0 Å². The topological polar surface area (TPSA) is 55.6 Å². The smallest absolute Gasteiger partial charge is 0.353 e. The van der Waals surface area contributed by atoms with Crippen molar-refractivity contribution >= 4 is 5.95 Å². The maximum Gasteiger partial charge on any atom is 0.389 e. The number of aromatic nitrogens is 4. The number of halogens is 3. The molecule has 0 aliphatic carbocycles. The lowest BCUT2D eigenvalue weighted by atomic mass is 10.2. The molecule has 0 spiro atoms. The van der Waals surface area contributed by atoms with Gasteiger partial charge in [0.25, 0.3) is 0 Å². The van der Waals surface area contributed by atoms with Crippen molar-refractivity contribution in [3.8, 4) is 5.69 Å². The Balaban J connectivity index is 1.84. The molecule has 2 rings (SSSR count). The van der Waals surface area contributed by atoms with Crippen molar-refractivity contribution in [2.24, 2.45) is 0 Å². The zero-order chi connectivity index (χ0) is 14.4. The van der Waals surface area contributed by atoms with Crippen molar-refractivity contribution in [3.63, 3.8) is 0 Å². The highest BCUT2D eigenvalue weighted by Crippen LogP contribution is 2.22. The average molecular weight is 285 g/mol. The maximum atomic E-state index is 12.0. The summed E-state index contributed by atoms with van der Waals surface area (Å²) >= 11 is 0. The van der Waals surface area contributed by atoms with Gasteiger partial charge in [-0.05, 0) is 35.4 Å². The van der Waals surface area contributed by atoms with Crippen LogP contribution in [-0.2, 0) is 0 Å². The minimum absolute atomic E-state index is 0.0867. The van der Waals surface area contributed by atoms with Gasteiger partial charge >= 0.3 is 6.18 Å². The molecule has 1 N–H and O–H groups in total. The van der Waals surface area contributed by atoms with Crippen LogP contribution in [0.4, 0.5) is 19.1 Å². The quantitative estimate of drug-likeness (QED) is 0.829. The Labute approximate surface area is 113 Å². The second-order valence-corrected chi connectivity index (χ2v) is 4.25. The van der Waals surface area contributed by atoms with E-state index in [4.69, 9.17) is 0 Å². The molecule has 0 aliphatic heterocycles. The fourth-order valence-corrected chi connectivity index (χ4v) is 1.69. The summed E-state index contributed by atoms with van der Waals surface area (Å²) in [4.78, 5) is 0. The van der Waals surface area contributed by atoms with Crippen LogP contribution in [0, 0.1) is 0 Å². The summed E-state index contributed by atoms with van der Waals surface area (Å²) in [6.45, 7) is 0.392. The van der Waals surface area contributed by atoms with Crippen molar-refractivity contribution in [1.82, 2.24) is 20.2 Å². The largest absolute Gasteiger partial charge is 0.389 e. The van der Waals surface area contributed by atoms with Gasteiger partial charge in [0.05, 0.1) is 5.69 Å². The Morgan fingerprint density at radius 2 is 1.85 bits per heavy atom. The molecule has 0 atom stereocenters. The summed E-state index contributed by atoms with van der Waals surface area (Å²) in [5.41, 5.74) is 0.787. The van der Waals surface area contributed by atoms with Crippen LogP contribution in [0.2, 0.25) is 0 Å². The van der Waals surface area contributed by atoms with Crippen molar-refractivity contribution in [3.05, 3.63) is 30.3 Å². The van der Waals surface area contributed by atoms with E-state index in [1.165, 1.54) is 4.68 Å². The van der Waals surface area contributed by atoms with E-state index in [0.717, 1.165) is 5.69 Å². The molecule has 1 heterocycles. The fourth-order valence-electron chi connectivity index (χ4n) is 1.69. The van der Waals surface area contributed by atoms with Gasteiger partial charge in [-0.15, -0.1) is 0 Å². The van der Waals surface area contributed by atoms with Crippen molar-refractivity contribution in [2.75, 3.05) is 11.9 Å². The second kappa shape index (κ2) is 6.36. The minimum atomic E-state index is -4.09. The molecule has 20 heavy (non-hydrogen) atoms. The third kappa shape index (κ3) is 4.22. The van der Waals surface area contributed by atoms with E-state index in [-0.39, 0.29) is 6.42 Å². The number of para-hydroxylation sites is 1. The lowest BCUT2D eigenvalue weighted by Crippen LogP contribution is -2.11. The van der Waals surface area contributed by atoms with E-state index in [2.05, 4.69) is 20.8 Å². The number of nitrogens with one attached hydrogen (secondary N) is 1. The number of unbranched alkanes of at least 4 members (excludes halogenated alkanes) is 1. The average Bonchev–Trinajstić information content (AvgIpc) is 2.86. The van der Waals surface area contributed by atoms with E-state index >= 15 is 0 Å². The number of rotatable bonds is 6. The molecule has 1 aromatic heterocycles. The summed E-state index contributed by atoms with van der Waals surface area (Å²) in [6.07, 6.45) is -4.37. The summed E-state index contributed by atoms with van der Waals surface area (Å²) < 4.78 is 37.5. The zero-order valence-corrected chi connectivity index (χ0v) is 10.6. The van der Waals surface area contributed by atoms with Crippen molar-refractivity contribution < 1.29 is 13.2 Å². The molecule has 0 saturated carbocycles. The molecule has 1 aromatic carbocycles. The van der Waals surface area contributed by atoms with Crippen molar-refractivity contribution in [2.45, 2.75) is 25.4 Å². The first-order valence-electron chi connectivity index (χ1n) is 6.21. The first-order chi connectivity index (χ1) is 9.56. The number of benzene rings is 1. The molecule has 2 aromatic rings. The first-order valence-corrected chi connectivity index (χ1v) is 6.21. The van der Waals surface area contributed by atoms with E-state index in [9.17, 15) is 13.2 Å². The number of tetrazole rings is 1. The van der Waals surface area contributed by atoms with Crippen LogP contribution < -0.4 is 5.32 Å². The number of alkyl halides is 3. The molecule has 8 heteroatoms. The summed E-state index contributed by atoms with van der Waals surface area (Å²) in [7, 11) is 0. The van der Waals surface area contributed by atoms with Gasteiger partial charge in [0, 0.05) is 13.0 Å². The molecule has 0 radical (unpaired) electrons. The molecular formula is C12H14F3N5. The Morgan fingerprint density at radius 1 is 1.10 bits per heavy atom. The highest BCUT2D eigenvalue weighted by Gasteiger charge is 2.25. The Bertz CT molecular complexity index is 523. The van der Waals surface area contributed by atoms with E-state index in [0.29, 0.717) is 18.9 Å². The van der Waals surface area contributed by atoms with Crippen LogP contribution in [0.15, 0.2) is 30.3 Å². The molecule has 0 fully saturated rings. The summed E-state index contributed by atoms with van der Waals surface area (Å²) in [6, 6.07) is 9.25. The standard InChI is InChI=1S/C12H14F3N5/c13-12(14,15)8-4-5-9-16-11-17-18-19-20(11)10-6-2-1-3-7-10/h1-3,6-7H,4-5,8-9H2,(H,16,17,19). The molecule has 108 valence electrons. The third-order valence-electron chi connectivity index (χ3n) is 2.64. The van der Waals surface area contributed by atoms with Gasteiger partial charge in [0.2, 0.25) is 5.95 Å². The van der Waals surface area contributed by atoms with E-state index < -0.39 is 12.6 Å². The van der Waals surface area contributed by atoms with Gasteiger partial charge in [0.15, 0.2) is 0 Å². The normalized spacial score (nSPS) is 11.6. The van der Waals surface area contributed by atoms with Gasteiger partial charge in [0.1, 0.15) is 0 Å². The van der Waals surface area contributed by atoms with Crippen LogP contribution in [0.1, 0.15) is 19.3 Å². The molecule has 0 bridgehead atoms. The lowest BCUT2D eigenvalue weighted by molar-refractivity contribution is -0.135. The van der Waals surface area contributed by atoms with Gasteiger partial charge < -0.3 is 5.32 Å². The van der Waals surface area contributed by atoms with Crippen molar-refractivity contribution in [1.29, 1.82) is 0 Å². The third-order valence-corrected chi connectivity index (χ3v) is 2.64. The highest BCUT2D eigenvalue weighted by molar-refractivity contribution is 5.38. The number of nitrogens with zero attached hydrogens (tertiary/aromatic N) is 4. The molecule has 5 nitrogen and oxygen atoms in total. The summed E-state index contributed by atoms with van der Waals surface area (Å²) in [5.74, 6) is 0.420. The summed E-state index contributed by atoms with van der Waals surface area (Å²) in [5, 5.41) is 14.1. The number of hydrogen-bond donors (Lipinski definition) is 1. The predicted molar refractivity (Wildman–Crippen MR) is 67.5 cm³/mol. The Hall–Kier alpha value is -2.12. The maximum absolute atomic E-state index is 12.0. The number of hydrogen-bond acceptors (Lipinski definition) is 4. The highest BCUT2D eigenvalue weighted by atomic mass is 19.4. The SMILES string of the molecule is FC(F)(F)CCCCNc1nnnn1-c1ccccc1. The Morgan fingerprint density at radius 3 is 2.55 bits per heavy atom. The lowest BCUT2D eigenvalue weighted by Gasteiger charge is -2.08. The van der Waals surface area contributed by atoms with Crippen LogP contribution in [0.3, 0.4) is 0 Å². The van der Waals surface area contributed by atoms with Gasteiger partial charge in [-0.2, -0.15) is 17.9 Å². The van der Waals surface area contributed by atoms with Gasteiger partial charge in [-0.25, -0.2) is 0 Å². The molecule has 0 unspecified atom stereocenters. The van der Waals surface area contributed by atoms with Crippen LogP contribution in [0.25, 0.3) is 5.69 Å². The molecule has 0 amide bonds. The first kappa shape index (κ1) is 14.3. The number of anilines is 1. The van der Waals surface area contributed by atoms with Crippen LogP contribution in [0.5, 0.6) is 0 Å². The monoisotopic (exact) mass is 285 g/mol. The minimum Gasteiger partial charge on any atom is -0.353 e. The van der Waals surface area contributed by atoms with Gasteiger partial charge in [-0.3, -0.25) is 0 Å². The molecule has 0 saturated heterocycles. The molecular weight excluding hydrogens is 271 g/mol. The molecule has 0 aliphatic rings. The van der Waals surface area contributed by atoms with Gasteiger partial charge in [-0.1, -0.05) is 23.3 Å². The zero-order valence-electron chi connectivity index (χ0n) is 10.6. The fraction of sp³-hybridized carbons (Fsp3) is 0.417. The second-order valence-electron chi connectivity index (χ2n) is 4.25. The van der Waals surface area contributed by atoms with Crippen LogP contribution >= 0.6 is 0 Å². The predicted octanol–water partition coefficient (Wildman–Crippen LogP) is 2.81. The van der Waals surface area contributed by atoms with Crippen LogP contribution in [-0.4, -0.2) is 32.9 Å². The Kier molecular flexibility index (Phi) is 4.54. The van der Waals surface area contributed by atoms with E-state index in [1.807, 2.05) is 30.3 Å².